The van der Waals surface area contributed by atoms with Gasteiger partial charge in [0.05, 0.1) is 11.5 Å². The summed E-state index contributed by atoms with van der Waals surface area (Å²) >= 11 is 0. The molecule has 0 spiro atoms. The fraction of sp³-hybridized carbons (Fsp3) is 0.294. The highest BCUT2D eigenvalue weighted by atomic mass is 32.2. The lowest BCUT2D eigenvalue weighted by Gasteiger charge is -2.11. The number of rotatable bonds is 5. The average Bonchev–Trinajstić information content (AvgIpc) is 2.93. The van der Waals surface area contributed by atoms with Crippen LogP contribution in [0.2, 0.25) is 0 Å². The van der Waals surface area contributed by atoms with Crippen molar-refractivity contribution in [3.8, 4) is 0 Å². The standard InChI is InChI=1S/C17H19N3O3S/c21-17(20-15-7-9-24(22,23)12-15)16-10-14(6-8-18-16)19-11-13-4-2-1-3-5-13/h1-6,8,10,15H,7,9,11-12H2,(H,18,19)(H,20,21). The van der Waals surface area contributed by atoms with Gasteiger partial charge in [-0.25, -0.2) is 8.42 Å². The Bertz CT molecular complexity index is 822. The number of hydrogen-bond acceptors (Lipinski definition) is 5. The third kappa shape index (κ3) is 4.32. The van der Waals surface area contributed by atoms with E-state index < -0.39 is 9.84 Å². The minimum Gasteiger partial charge on any atom is -0.381 e. The number of pyridine rings is 1. The summed E-state index contributed by atoms with van der Waals surface area (Å²) in [6, 6.07) is 13.1. The Kier molecular flexibility index (Phi) is 4.80. The van der Waals surface area contributed by atoms with Gasteiger partial charge in [-0.15, -0.1) is 0 Å². The molecule has 0 bridgehead atoms. The minimum absolute atomic E-state index is 0.00465. The summed E-state index contributed by atoms with van der Waals surface area (Å²) in [7, 11) is -3.02. The summed E-state index contributed by atoms with van der Waals surface area (Å²) in [6.07, 6.45) is 2.02. The van der Waals surface area contributed by atoms with Crippen molar-refractivity contribution < 1.29 is 13.2 Å². The van der Waals surface area contributed by atoms with E-state index in [1.165, 1.54) is 0 Å². The first-order valence-electron chi connectivity index (χ1n) is 7.77. The van der Waals surface area contributed by atoms with Crippen molar-refractivity contribution in [2.45, 2.75) is 19.0 Å². The van der Waals surface area contributed by atoms with E-state index in [0.717, 1.165) is 11.3 Å². The molecule has 3 rings (SSSR count). The Hall–Kier alpha value is -2.41. The van der Waals surface area contributed by atoms with Gasteiger partial charge in [0, 0.05) is 24.5 Å². The highest BCUT2D eigenvalue weighted by Crippen LogP contribution is 2.14. The number of benzene rings is 1. The number of carbonyl (C=O) groups is 1. The van der Waals surface area contributed by atoms with E-state index in [9.17, 15) is 13.2 Å². The zero-order valence-corrected chi connectivity index (χ0v) is 13.9. The SMILES string of the molecule is O=C(NC1CCS(=O)(=O)C1)c1cc(NCc2ccccc2)ccn1. The molecule has 2 heterocycles. The van der Waals surface area contributed by atoms with Crippen LogP contribution in [-0.4, -0.2) is 36.9 Å². The zero-order chi connectivity index (χ0) is 17.0. The monoisotopic (exact) mass is 345 g/mol. The number of amides is 1. The van der Waals surface area contributed by atoms with Crippen LogP contribution in [0.4, 0.5) is 5.69 Å². The van der Waals surface area contributed by atoms with Gasteiger partial charge in [0.15, 0.2) is 9.84 Å². The van der Waals surface area contributed by atoms with Crippen molar-refractivity contribution in [3.63, 3.8) is 0 Å². The molecule has 1 aliphatic rings. The van der Waals surface area contributed by atoms with Gasteiger partial charge in [-0.3, -0.25) is 9.78 Å². The van der Waals surface area contributed by atoms with Gasteiger partial charge >= 0.3 is 0 Å². The Morgan fingerprint density at radius 3 is 2.71 bits per heavy atom. The Morgan fingerprint density at radius 1 is 1.21 bits per heavy atom. The lowest BCUT2D eigenvalue weighted by Crippen LogP contribution is -2.36. The van der Waals surface area contributed by atoms with Crippen LogP contribution in [0.15, 0.2) is 48.7 Å². The van der Waals surface area contributed by atoms with Gasteiger partial charge in [0.25, 0.3) is 5.91 Å². The Labute approximate surface area is 141 Å². The van der Waals surface area contributed by atoms with Crippen molar-refractivity contribution >= 4 is 21.4 Å². The summed E-state index contributed by atoms with van der Waals surface area (Å²) in [5.74, 6) is -0.213. The first-order valence-corrected chi connectivity index (χ1v) is 9.59. The van der Waals surface area contributed by atoms with Crippen LogP contribution < -0.4 is 10.6 Å². The molecular weight excluding hydrogens is 326 g/mol. The third-order valence-electron chi connectivity index (χ3n) is 3.90. The van der Waals surface area contributed by atoms with Gasteiger partial charge < -0.3 is 10.6 Å². The van der Waals surface area contributed by atoms with E-state index in [4.69, 9.17) is 0 Å². The molecule has 1 atom stereocenters. The molecule has 2 N–H and O–H groups in total. The summed E-state index contributed by atoms with van der Waals surface area (Å²) in [5.41, 5.74) is 2.20. The van der Waals surface area contributed by atoms with Crippen molar-refractivity contribution in [3.05, 3.63) is 59.9 Å². The topological polar surface area (TPSA) is 88.2 Å². The second-order valence-corrected chi connectivity index (χ2v) is 8.07. The van der Waals surface area contributed by atoms with E-state index in [-0.39, 0.29) is 29.1 Å². The number of anilines is 1. The fourth-order valence-electron chi connectivity index (χ4n) is 2.63. The number of nitrogens with zero attached hydrogens (tertiary/aromatic N) is 1. The third-order valence-corrected chi connectivity index (χ3v) is 5.67. The first-order chi connectivity index (χ1) is 11.5. The van der Waals surface area contributed by atoms with Crippen LogP contribution in [0.5, 0.6) is 0 Å². The van der Waals surface area contributed by atoms with Gasteiger partial charge in [0.1, 0.15) is 5.69 Å². The van der Waals surface area contributed by atoms with Crippen LogP contribution in [0.25, 0.3) is 0 Å². The molecule has 1 aliphatic heterocycles. The predicted octanol–water partition coefficient (Wildman–Crippen LogP) is 1.61. The van der Waals surface area contributed by atoms with E-state index in [1.54, 1.807) is 18.3 Å². The molecule has 1 saturated heterocycles. The highest BCUT2D eigenvalue weighted by Gasteiger charge is 2.29. The highest BCUT2D eigenvalue weighted by molar-refractivity contribution is 7.91. The molecule has 7 heteroatoms. The molecule has 1 fully saturated rings. The number of carbonyl (C=O) groups excluding carboxylic acids is 1. The maximum absolute atomic E-state index is 12.2. The molecular formula is C17H19N3O3S. The summed E-state index contributed by atoms with van der Waals surface area (Å²) < 4.78 is 22.9. The van der Waals surface area contributed by atoms with Crippen LogP contribution >= 0.6 is 0 Å². The largest absolute Gasteiger partial charge is 0.381 e. The Balaban J connectivity index is 1.61. The maximum Gasteiger partial charge on any atom is 0.270 e. The number of nitrogens with one attached hydrogen (secondary N) is 2. The molecule has 2 aromatic rings. The molecule has 1 aromatic heterocycles. The molecule has 1 aromatic carbocycles. The maximum atomic E-state index is 12.2. The lowest BCUT2D eigenvalue weighted by molar-refractivity contribution is 0.0936. The number of sulfone groups is 1. The molecule has 0 radical (unpaired) electrons. The summed E-state index contributed by atoms with van der Waals surface area (Å²) in [5, 5.41) is 5.99. The van der Waals surface area contributed by atoms with Gasteiger partial charge in [-0.05, 0) is 24.1 Å². The number of hydrogen-bond donors (Lipinski definition) is 2. The van der Waals surface area contributed by atoms with Crippen LogP contribution in [-0.2, 0) is 16.4 Å². The molecule has 0 saturated carbocycles. The van der Waals surface area contributed by atoms with Crippen molar-refractivity contribution in [2.24, 2.45) is 0 Å². The van der Waals surface area contributed by atoms with E-state index in [0.29, 0.717) is 13.0 Å². The second kappa shape index (κ2) is 7.00. The quantitative estimate of drug-likeness (QED) is 0.859. The average molecular weight is 345 g/mol. The van der Waals surface area contributed by atoms with Crippen LogP contribution in [0.1, 0.15) is 22.5 Å². The molecule has 1 unspecified atom stereocenters. The van der Waals surface area contributed by atoms with Crippen molar-refractivity contribution in [2.75, 3.05) is 16.8 Å². The Morgan fingerprint density at radius 2 is 2.00 bits per heavy atom. The number of aromatic nitrogens is 1. The lowest BCUT2D eigenvalue weighted by atomic mass is 10.2. The van der Waals surface area contributed by atoms with Crippen LogP contribution in [0.3, 0.4) is 0 Å². The molecule has 126 valence electrons. The molecule has 6 nitrogen and oxygen atoms in total. The normalized spacial score (nSPS) is 18.9. The van der Waals surface area contributed by atoms with Crippen molar-refractivity contribution in [1.29, 1.82) is 0 Å². The first kappa shape index (κ1) is 16.4. The summed E-state index contributed by atoms with van der Waals surface area (Å²) in [4.78, 5) is 16.3. The van der Waals surface area contributed by atoms with Gasteiger partial charge in [-0.1, -0.05) is 30.3 Å². The van der Waals surface area contributed by atoms with Crippen molar-refractivity contribution in [1.82, 2.24) is 10.3 Å². The minimum atomic E-state index is -3.02. The smallest absolute Gasteiger partial charge is 0.270 e. The van der Waals surface area contributed by atoms with Gasteiger partial charge in [0.2, 0.25) is 0 Å². The summed E-state index contributed by atoms with van der Waals surface area (Å²) in [6.45, 7) is 0.646. The van der Waals surface area contributed by atoms with E-state index in [1.807, 2.05) is 30.3 Å². The second-order valence-electron chi connectivity index (χ2n) is 5.84. The van der Waals surface area contributed by atoms with Crippen LogP contribution in [0, 0.1) is 0 Å². The molecule has 24 heavy (non-hydrogen) atoms. The molecule has 0 aliphatic carbocycles. The fourth-order valence-corrected chi connectivity index (χ4v) is 4.31. The zero-order valence-electron chi connectivity index (χ0n) is 13.1. The van der Waals surface area contributed by atoms with E-state index in [2.05, 4.69) is 15.6 Å². The predicted molar refractivity (Wildman–Crippen MR) is 92.5 cm³/mol. The molecule has 1 amide bonds. The van der Waals surface area contributed by atoms with E-state index >= 15 is 0 Å². The van der Waals surface area contributed by atoms with Gasteiger partial charge in [-0.2, -0.15) is 0 Å².